The van der Waals surface area contributed by atoms with Gasteiger partial charge in [0.05, 0.1) is 0 Å². The van der Waals surface area contributed by atoms with Gasteiger partial charge in [0, 0.05) is 6.92 Å². The molecule has 2 aliphatic rings. The van der Waals surface area contributed by atoms with E-state index >= 15 is 0 Å². The van der Waals surface area contributed by atoms with E-state index in [1.807, 2.05) is 31.2 Å². The molecule has 3 nitrogen and oxygen atoms in total. The summed E-state index contributed by atoms with van der Waals surface area (Å²) in [6, 6.07) is 7.74. The normalized spacial score (nSPS) is 23.5. The Bertz CT molecular complexity index is 462. The molecule has 1 atom stereocenters. The number of carbonyl (C=O) groups excluding carboxylic acids is 1. The van der Waals surface area contributed by atoms with Crippen LogP contribution in [-0.4, -0.2) is 29.0 Å². The van der Waals surface area contributed by atoms with Gasteiger partial charge in [-0.2, -0.15) is 0 Å². The van der Waals surface area contributed by atoms with Crippen LogP contribution in [-0.2, 0) is 4.74 Å². The zero-order chi connectivity index (χ0) is 9.71. The molecule has 3 heteroatoms. The highest BCUT2D eigenvalue weighted by Gasteiger charge is 2.46. The van der Waals surface area contributed by atoms with E-state index in [2.05, 4.69) is 0 Å². The molecule has 0 saturated carbocycles. The zero-order valence-corrected chi connectivity index (χ0v) is 7.86. The highest BCUT2D eigenvalue weighted by Crippen LogP contribution is 2.24. The summed E-state index contributed by atoms with van der Waals surface area (Å²) in [5, 5.41) is 0. The third-order valence-corrected chi connectivity index (χ3v) is 2.73. The Hall–Kier alpha value is -1.64. The molecule has 0 aromatic heterocycles. The molecule has 1 amide bonds. The molecular formula is C11H10NO2+. The molecule has 1 aromatic carbocycles. The van der Waals surface area contributed by atoms with E-state index in [0.29, 0.717) is 6.61 Å². The van der Waals surface area contributed by atoms with Crippen molar-refractivity contribution in [3.63, 3.8) is 0 Å². The van der Waals surface area contributed by atoms with Crippen LogP contribution in [0.3, 0.4) is 0 Å². The fourth-order valence-corrected chi connectivity index (χ4v) is 2.03. The summed E-state index contributed by atoms with van der Waals surface area (Å²) >= 11 is 0. The second-order valence-corrected chi connectivity index (χ2v) is 3.69. The molecule has 0 radical (unpaired) electrons. The van der Waals surface area contributed by atoms with Crippen molar-refractivity contribution in [2.45, 2.75) is 13.0 Å². The first kappa shape index (κ1) is 7.74. The van der Waals surface area contributed by atoms with E-state index in [9.17, 15) is 4.79 Å². The Morgan fingerprint density at radius 3 is 2.86 bits per heavy atom. The fourth-order valence-electron chi connectivity index (χ4n) is 2.03. The van der Waals surface area contributed by atoms with Crippen molar-refractivity contribution in [1.82, 2.24) is 0 Å². The van der Waals surface area contributed by atoms with Crippen LogP contribution in [0.15, 0.2) is 24.3 Å². The predicted molar refractivity (Wildman–Crippen MR) is 50.6 cm³/mol. The maximum Gasteiger partial charge on any atom is 0.423 e. The van der Waals surface area contributed by atoms with Gasteiger partial charge in [0.25, 0.3) is 0 Å². The minimum Gasteiger partial charge on any atom is -0.437 e. The van der Waals surface area contributed by atoms with E-state index in [1.54, 1.807) is 4.58 Å². The van der Waals surface area contributed by atoms with Crippen molar-refractivity contribution in [2.24, 2.45) is 0 Å². The van der Waals surface area contributed by atoms with E-state index in [-0.39, 0.29) is 11.9 Å². The Morgan fingerprint density at radius 2 is 2.07 bits per heavy atom. The van der Waals surface area contributed by atoms with Gasteiger partial charge in [-0.1, -0.05) is 12.1 Å². The fraction of sp³-hybridized carbons (Fsp3) is 0.273. The topological polar surface area (TPSA) is 29.3 Å². The maximum absolute atomic E-state index is 11.9. The minimum atomic E-state index is 0.0700. The van der Waals surface area contributed by atoms with E-state index in [4.69, 9.17) is 4.74 Å². The summed E-state index contributed by atoms with van der Waals surface area (Å²) in [4.78, 5) is 11.9. The molecule has 0 unspecified atom stereocenters. The largest absolute Gasteiger partial charge is 0.437 e. The van der Waals surface area contributed by atoms with Gasteiger partial charge in [-0.05, 0) is 12.1 Å². The molecule has 2 heterocycles. The van der Waals surface area contributed by atoms with E-state index in [0.717, 1.165) is 17.0 Å². The Balaban J connectivity index is 2.26. The lowest BCUT2D eigenvalue weighted by Crippen LogP contribution is -2.25. The number of fused-ring (bicyclic) bond motifs is 2. The summed E-state index contributed by atoms with van der Waals surface area (Å²) in [5.74, 6) is 0.804. The molecule has 2 aliphatic heterocycles. The third-order valence-electron chi connectivity index (χ3n) is 2.73. The first-order valence-corrected chi connectivity index (χ1v) is 4.72. The number of hydrogen-bond acceptors (Lipinski definition) is 2. The number of ether oxygens (including phenoxy) is 1. The van der Waals surface area contributed by atoms with Gasteiger partial charge in [0.1, 0.15) is 11.1 Å². The zero-order valence-electron chi connectivity index (χ0n) is 7.86. The lowest BCUT2D eigenvalue weighted by molar-refractivity contribution is -0.452. The highest BCUT2D eigenvalue weighted by molar-refractivity contribution is 6.10. The first-order chi connectivity index (χ1) is 6.79. The van der Waals surface area contributed by atoms with Gasteiger partial charge in [-0.3, -0.25) is 0 Å². The van der Waals surface area contributed by atoms with Gasteiger partial charge in [0.15, 0.2) is 12.6 Å². The van der Waals surface area contributed by atoms with Crippen molar-refractivity contribution in [3.8, 4) is 0 Å². The lowest BCUT2D eigenvalue weighted by atomic mass is 10.1. The molecule has 1 aromatic rings. The molecule has 0 bridgehead atoms. The van der Waals surface area contributed by atoms with Crippen molar-refractivity contribution in [1.29, 1.82) is 0 Å². The molecule has 0 spiro atoms. The summed E-state index contributed by atoms with van der Waals surface area (Å²) in [6.45, 7) is 2.60. The third kappa shape index (κ3) is 0.769. The van der Waals surface area contributed by atoms with Crippen molar-refractivity contribution < 1.29 is 14.1 Å². The Labute approximate surface area is 81.6 Å². The van der Waals surface area contributed by atoms with Crippen LogP contribution in [0.5, 0.6) is 0 Å². The molecule has 0 N–H and O–H groups in total. The minimum absolute atomic E-state index is 0.0700. The van der Waals surface area contributed by atoms with Gasteiger partial charge < -0.3 is 4.74 Å². The van der Waals surface area contributed by atoms with Crippen LogP contribution in [0.2, 0.25) is 0 Å². The molecule has 0 saturated heterocycles. The number of hydrogen-bond donors (Lipinski definition) is 0. The number of amides is 1. The average Bonchev–Trinajstić information content (AvgIpc) is 2.70. The second-order valence-electron chi connectivity index (χ2n) is 3.69. The average molecular weight is 188 g/mol. The second kappa shape index (κ2) is 2.44. The summed E-state index contributed by atoms with van der Waals surface area (Å²) in [7, 11) is 0. The Morgan fingerprint density at radius 1 is 1.36 bits per heavy atom. The quantitative estimate of drug-likeness (QED) is 0.569. The molecule has 70 valence electrons. The van der Waals surface area contributed by atoms with Gasteiger partial charge in [0.2, 0.25) is 0 Å². The van der Waals surface area contributed by atoms with Crippen LogP contribution in [0, 0.1) is 0 Å². The summed E-state index contributed by atoms with van der Waals surface area (Å²) in [6.07, 6.45) is 0. The van der Waals surface area contributed by atoms with Gasteiger partial charge >= 0.3 is 11.8 Å². The molecular weight excluding hydrogens is 178 g/mol. The van der Waals surface area contributed by atoms with Crippen LogP contribution in [0.1, 0.15) is 22.8 Å². The smallest absolute Gasteiger partial charge is 0.423 e. The first-order valence-electron chi connectivity index (χ1n) is 4.72. The summed E-state index contributed by atoms with van der Waals surface area (Å²) in [5.41, 5.74) is 1.69. The standard InChI is InChI=1S/C11H10NO2/c1-7-6-14-11-9-5-3-2-4-8(9)10(13)12(7)11/h2-5,7H,6H2,1H3/q+1/t7-/m0/s1. The number of nitrogens with zero attached hydrogens (tertiary/aromatic N) is 1. The molecule has 3 rings (SSSR count). The highest BCUT2D eigenvalue weighted by atomic mass is 16.5. The van der Waals surface area contributed by atoms with E-state index < -0.39 is 0 Å². The van der Waals surface area contributed by atoms with Crippen molar-refractivity contribution in [3.05, 3.63) is 35.4 Å². The predicted octanol–water partition coefficient (Wildman–Crippen LogP) is 1.02. The molecule has 14 heavy (non-hydrogen) atoms. The van der Waals surface area contributed by atoms with Crippen LogP contribution >= 0.6 is 0 Å². The lowest BCUT2D eigenvalue weighted by Gasteiger charge is -1.97. The van der Waals surface area contributed by atoms with Gasteiger partial charge in [-0.25, -0.2) is 4.79 Å². The molecule has 0 aliphatic carbocycles. The van der Waals surface area contributed by atoms with E-state index in [1.165, 1.54) is 0 Å². The van der Waals surface area contributed by atoms with Crippen molar-refractivity contribution >= 4 is 11.8 Å². The SMILES string of the molecule is C[C@H]1COC2=[N+]1C(=O)c1ccccc12. The van der Waals surface area contributed by atoms with Crippen LogP contribution in [0.4, 0.5) is 0 Å². The number of carbonyl (C=O) groups is 1. The number of benzene rings is 1. The molecule has 0 fully saturated rings. The van der Waals surface area contributed by atoms with Crippen LogP contribution in [0.25, 0.3) is 0 Å². The Kier molecular flexibility index (Phi) is 1.35. The monoisotopic (exact) mass is 188 g/mol. The maximum atomic E-state index is 11.9. The summed E-state index contributed by atoms with van der Waals surface area (Å²) < 4.78 is 7.25. The number of rotatable bonds is 0. The van der Waals surface area contributed by atoms with Gasteiger partial charge in [-0.15, -0.1) is 4.58 Å². The van der Waals surface area contributed by atoms with Crippen molar-refractivity contribution in [2.75, 3.05) is 6.61 Å². The van der Waals surface area contributed by atoms with Crippen LogP contribution < -0.4 is 0 Å².